The summed E-state index contributed by atoms with van der Waals surface area (Å²) in [5, 5.41) is 5.53. The van der Waals surface area contributed by atoms with E-state index in [1.165, 1.54) is 5.39 Å². The van der Waals surface area contributed by atoms with Crippen molar-refractivity contribution >= 4 is 16.7 Å². The van der Waals surface area contributed by atoms with Gasteiger partial charge in [0.05, 0.1) is 5.69 Å². The number of nitrogens with one attached hydrogen (secondary N) is 1. The fourth-order valence-electron chi connectivity index (χ4n) is 2.36. The summed E-state index contributed by atoms with van der Waals surface area (Å²) in [6, 6.07) is 8.25. The number of anilines is 1. The maximum Gasteiger partial charge on any atom is 0.223 e. The summed E-state index contributed by atoms with van der Waals surface area (Å²) in [5.74, 6) is 0.679. The second-order valence-corrected chi connectivity index (χ2v) is 5.05. The lowest BCUT2D eigenvalue weighted by molar-refractivity contribution is 0.951. The molecular formula is C17H18N4. The van der Waals surface area contributed by atoms with Crippen molar-refractivity contribution in [3.63, 3.8) is 0 Å². The molecule has 4 heteroatoms. The Bertz CT molecular complexity index is 762. The Morgan fingerprint density at radius 2 is 2.05 bits per heavy atom. The molecule has 0 saturated heterocycles. The first-order chi connectivity index (χ1) is 10.3. The Balaban J connectivity index is 2.13. The Morgan fingerprint density at radius 1 is 1.14 bits per heavy atom. The van der Waals surface area contributed by atoms with Crippen LogP contribution in [0.3, 0.4) is 0 Å². The van der Waals surface area contributed by atoms with Crippen LogP contribution in [0.15, 0.2) is 42.9 Å². The van der Waals surface area contributed by atoms with Gasteiger partial charge in [-0.15, -0.1) is 0 Å². The van der Waals surface area contributed by atoms with E-state index < -0.39 is 0 Å². The number of rotatable bonds is 4. The fourth-order valence-corrected chi connectivity index (χ4v) is 2.36. The lowest BCUT2D eigenvalue weighted by atomic mass is 10.0. The van der Waals surface area contributed by atoms with Gasteiger partial charge in [-0.3, -0.25) is 4.98 Å². The molecule has 0 saturated carbocycles. The zero-order valence-electron chi connectivity index (χ0n) is 12.3. The van der Waals surface area contributed by atoms with Crippen molar-refractivity contribution in [2.75, 3.05) is 11.9 Å². The van der Waals surface area contributed by atoms with Crippen LogP contribution < -0.4 is 5.32 Å². The molecule has 21 heavy (non-hydrogen) atoms. The molecule has 0 aliphatic carbocycles. The van der Waals surface area contributed by atoms with Gasteiger partial charge in [0.2, 0.25) is 5.95 Å². The molecule has 0 unspecified atom stereocenters. The van der Waals surface area contributed by atoms with Crippen LogP contribution in [0, 0.1) is 6.92 Å². The van der Waals surface area contributed by atoms with Crippen LogP contribution >= 0.6 is 0 Å². The van der Waals surface area contributed by atoms with Crippen molar-refractivity contribution in [2.45, 2.75) is 20.3 Å². The Morgan fingerprint density at radius 3 is 2.90 bits per heavy atom. The minimum absolute atomic E-state index is 0.679. The second-order valence-electron chi connectivity index (χ2n) is 5.05. The summed E-state index contributed by atoms with van der Waals surface area (Å²) in [4.78, 5) is 13.3. The number of aryl methyl sites for hydroxylation is 1. The van der Waals surface area contributed by atoms with Crippen molar-refractivity contribution in [1.29, 1.82) is 0 Å². The maximum absolute atomic E-state index is 4.68. The van der Waals surface area contributed by atoms with Crippen LogP contribution in [-0.2, 0) is 0 Å². The highest BCUT2D eigenvalue weighted by Gasteiger charge is 2.09. The lowest BCUT2D eigenvalue weighted by Gasteiger charge is -2.10. The summed E-state index contributed by atoms with van der Waals surface area (Å²) in [6.07, 6.45) is 6.62. The summed E-state index contributed by atoms with van der Waals surface area (Å²) < 4.78 is 0. The number of pyridine rings is 1. The van der Waals surface area contributed by atoms with Gasteiger partial charge >= 0.3 is 0 Å². The van der Waals surface area contributed by atoms with Crippen molar-refractivity contribution < 1.29 is 0 Å². The highest BCUT2D eigenvalue weighted by molar-refractivity contribution is 5.95. The molecule has 0 fully saturated rings. The van der Waals surface area contributed by atoms with E-state index in [9.17, 15) is 0 Å². The molecule has 0 atom stereocenters. The zero-order valence-corrected chi connectivity index (χ0v) is 12.3. The van der Waals surface area contributed by atoms with E-state index >= 15 is 0 Å². The number of hydrogen-bond acceptors (Lipinski definition) is 4. The quantitative estimate of drug-likeness (QED) is 0.788. The molecule has 2 aromatic heterocycles. The van der Waals surface area contributed by atoms with E-state index in [4.69, 9.17) is 0 Å². The molecule has 3 rings (SSSR count). The average molecular weight is 278 g/mol. The minimum atomic E-state index is 0.679. The first kappa shape index (κ1) is 13.5. The highest BCUT2D eigenvalue weighted by atomic mass is 15.1. The van der Waals surface area contributed by atoms with E-state index in [2.05, 4.69) is 45.4 Å². The molecule has 1 N–H and O–H groups in total. The van der Waals surface area contributed by atoms with Gasteiger partial charge < -0.3 is 5.32 Å². The van der Waals surface area contributed by atoms with Gasteiger partial charge in [0.1, 0.15) is 0 Å². The first-order valence-corrected chi connectivity index (χ1v) is 7.20. The van der Waals surface area contributed by atoms with E-state index in [-0.39, 0.29) is 0 Å². The smallest absolute Gasteiger partial charge is 0.223 e. The van der Waals surface area contributed by atoms with Gasteiger partial charge in [0.25, 0.3) is 0 Å². The predicted octanol–water partition coefficient (Wildman–Crippen LogP) is 3.82. The summed E-state index contributed by atoms with van der Waals surface area (Å²) in [7, 11) is 0. The van der Waals surface area contributed by atoms with E-state index in [0.29, 0.717) is 5.95 Å². The van der Waals surface area contributed by atoms with Crippen LogP contribution in [0.5, 0.6) is 0 Å². The van der Waals surface area contributed by atoms with Crippen molar-refractivity contribution in [1.82, 2.24) is 15.0 Å². The summed E-state index contributed by atoms with van der Waals surface area (Å²) in [6.45, 7) is 5.03. The SMILES string of the molecule is CCCNc1ncc(C)c(-c2cccc3ccncc23)n1. The van der Waals surface area contributed by atoms with Gasteiger partial charge in [0, 0.05) is 36.1 Å². The monoisotopic (exact) mass is 278 g/mol. The normalized spacial score (nSPS) is 10.8. The van der Waals surface area contributed by atoms with Gasteiger partial charge in [0.15, 0.2) is 0 Å². The molecule has 4 nitrogen and oxygen atoms in total. The van der Waals surface area contributed by atoms with Crippen molar-refractivity contribution in [2.24, 2.45) is 0 Å². The number of hydrogen-bond donors (Lipinski definition) is 1. The zero-order chi connectivity index (χ0) is 14.7. The van der Waals surface area contributed by atoms with Gasteiger partial charge in [-0.2, -0.15) is 0 Å². The van der Waals surface area contributed by atoms with Crippen LogP contribution in [0.2, 0.25) is 0 Å². The molecule has 106 valence electrons. The van der Waals surface area contributed by atoms with Crippen LogP contribution in [-0.4, -0.2) is 21.5 Å². The third-order valence-corrected chi connectivity index (χ3v) is 3.44. The second kappa shape index (κ2) is 5.87. The Hall–Kier alpha value is -2.49. The Kier molecular flexibility index (Phi) is 3.77. The predicted molar refractivity (Wildman–Crippen MR) is 86.3 cm³/mol. The maximum atomic E-state index is 4.68. The van der Waals surface area contributed by atoms with Crippen molar-refractivity contribution in [3.8, 4) is 11.3 Å². The van der Waals surface area contributed by atoms with Gasteiger partial charge in [-0.05, 0) is 30.4 Å². The van der Waals surface area contributed by atoms with E-state index in [1.54, 1.807) is 0 Å². The third kappa shape index (κ3) is 2.70. The molecule has 2 heterocycles. The molecule has 0 spiro atoms. The average Bonchev–Trinajstić information content (AvgIpc) is 2.54. The van der Waals surface area contributed by atoms with E-state index in [1.807, 2.05) is 31.6 Å². The van der Waals surface area contributed by atoms with Crippen molar-refractivity contribution in [3.05, 3.63) is 48.4 Å². The number of nitrogens with zero attached hydrogens (tertiary/aromatic N) is 3. The van der Waals surface area contributed by atoms with Crippen LogP contribution in [0.1, 0.15) is 18.9 Å². The number of benzene rings is 1. The van der Waals surface area contributed by atoms with E-state index in [0.717, 1.165) is 35.2 Å². The molecule has 0 aliphatic rings. The largest absolute Gasteiger partial charge is 0.354 e. The molecule has 0 bridgehead atoms. The van der Waals surface area contributed by atoms with Crippen LogP contribution in [0.4, 0.5) is 5.95 Å². The third-order valence-electron chi connectivity index (χ3n) is 3.44. The van der Waals surface area contributed by atoms with Crippen LogP contribution in [0.25, 0.3) is 22.0 Å². The Labute approximate surface area is 124 Å². The molecular weight excluding hydrogens is 260 g/mol. The summed E-state index contributed by atoms with van der Waals surface area (Å²) >= 11 is 0. The minimum Gasteiger partial charge on any atom is -0.354 e. The highest BCUT2D eigenvalue weighted by Crippen LogP contribution is 2.29. The molecule has 3 aromatic rings. The number of fused-ring (bicyclic) bond motifs is 1. The molecule has 1 aromatic carbocycles. The standard InChI is InChI=1S/C17H18N4/c1-3-8-19-17-20-10-12(2)16(21-17)14-6-4-5-13-7-9-18-11-15(13)14/h4-7,9-11H,3,8H2,1-2H3,(H,19,20,21). The van der Waals surface area contributed by atoms with Gasteiger partial charge in [-0.25, -0.2) is 9.97 Å². The number of aromatic nitrogens is 3. The summed E-state index contributed by atoms with van der Waals surface area (Å²) in [5.41, 5.74) is 3.12. The topological polar surface area (TPSA) is 50.7 Å². The molecule has 0 amide bonds. The lowest BCUT2D eigenvalue weighted by Crippen LogP contribution is -2.05. The first-order valence-electron chi connectivity index (χ1n) is 7.20. The molecule has 0 aliphatic heterocycles. The molecule has 0 radical (unpaired) electrons. The van der Waals surface area contributed by atoms with Gasteiger partial charge in [-0.1, -0.05) is 25.1 Å². The fraction of sp³-hybridized carbons (Fsp3) is 0.235.